The predicted octanol–water partition coefficient (Wildman–Crippen LogP) is 1.83. The second-order valence-corrected chi connectivity index (χ2v) is 6.98. The molecule has 0 radical (unpaired) electrons. The molecular weight excluding hydrogens is 360 g/mol. The number of phenols is 2. The van der Waals surface area contributed by atoms with Gasteiger partial charge in [0.15, 0.2) is 0 Å². The van der Waals surface area contributed by atoms with Crippen molar-refractivity contribution in [2.75, 3.05) is 20.2 Å². The van der Waals surface area contributed by atoms with Crippen LogP contribution in [0.1, 0.15) is 29.9 Å². The van der Waals surface area contributed by atoms with Gasteiger partial charge in [-0.05, 0) is 36.0 Å². The minimum atomic E-state index is -1.90. The molecule has 1 aliphatic rings. The lowest BCUT2D eigenvalue weighted by atomic mass is 9.85. The molecule has 2 aromatic rings. The van der Waals surface area contributed by atoms with Gasteiger partial charge in [0, 0.05) is 19.2 Å². The Labute approximate surface area is 163 Å². The SMILES string of the molecule is COC(=O)[C@](N)(C(=O)N1CCC(c2ccc(O)cc2O)CC1)c1ccccc1. The molecule has 1 amide bonds. The number of nitrogens with two attached hydrogens (primary N) is 1. The standard InChI is InChI=1S/C21H24N2O5/c1-28-20(27)21(22,15-5-3-2-4-6-15)19(26)23-11-9-14(10-12-23)17-8-7-16(24)13-18(17)25/h2-8,13-14,24-25H,9-12,22H2,1H3/t21-/m1/s1. The van der Waals surface area contributed by atoms with Crippen LogP contribution in [-0.2, 0) is 19.9 Å². The van der Waals surface area contributed by atoms with Crippen molar-refractivity contribution in [3.8, 4) is 11.5 Å². The van der Waals surface area contributed by atoms with Gasteiger partial charge in [-0.25, -0.2) is 4.79 Å². The van der Waals surface area contributed by atoms with E-state index in [0.29, 0.717) is 31.5 Å². The number of likely N-dealkylation sites (tertiary alicyclic amines) is 1. The van der Waals surface area contributed by atoms with Crippen LogP contribution in [0.15, 0.2) is 48.5 Å². The molecule has 0 saturated carbocycles. The maximum atomic E-state index is 13.2. The third kappa shape index (κ3) is 3.53. The molecule has 7 heteroatoms. The van der Waals surface area contributed by atoms with E-state index in [1.807, 2.05) is 0 Å². The summed E-state index contributed by atoms with van der Waals surface area (Å²) >= 11 is 0. The van der Waals surface area contributed by atoms with Gasteiger partial charge in [-0.1, -0.05) is 36.4 Å². The molecule has 0 aromatic heterocycles. The lowest BCUT2D eigenvalue weighted by molar-refractivity contribution is -0.157. The number of carbonyl (C=O) groups is 2. The number of benzene rings is 2. The summed E-state index contributed by atoms with van der Waals surface area (Å²) in [4.78, 5) is 27.2. The fourth-order valence-corrected chi connectivity index (χ4v) is 3.71. The number of piperidine rings is 1. The maximum absolute atomic E-state index is 13.2. The van der Waals surface area contributed by atoms with Crippen molar-refractivity contribution in [3.63, 3.8) is 0 Å². The maximum Gasteiger partial charge on any atom is 0.340 e. The van der Waals surface area contributed by atoms with Crippen LogP contribution in [0.25, 0.3) is 0 Å². The third-order valence-corrected chi connectivity index (χ3v) is 5.31. The van der Waals surface area contributed by atoms with Crippen LogP contribution in [0, 0.1) is 0 Å². The molecule has 1 saturated heterocycles. The minimum Gasteiger partial charge on any atom is -0.508 e. The zero-order chi connectivity index (χ0) is 20.3. The average Bonchev–Trinajstić information content (AvgIpc) is 2.73. The van der Waals surface area contributed by atoms with Crippen molar-refractivity contribution in [3.05, 3.63) is 59.7 Å². The van der Waals surface area contributed by atoms with Crippen molar-refractivity contribution < 1.29 is 24.5 Å². The summed E-state index contributed by atoms with van der Waals surface area (Å²) in [6, 6.07) is 13.0. The molecule has 4 N–H and O–H groups in total. The lowest BCUT2D eigenvalue weighted by Crippen LogP contribution is -2.59. The highest BCUT2D eigenvalue weighted by Crippen LogP contribution is 2.36. The highest BCUT2D eigenvalue weighted by Gasteiger charge is 2.48. The van der Waals surface area contributed by atoms with Gasteiger partial charge in [-0.2, -0.15) is 0 Å². The van der Waals surface area contributed by atoms with Crippen LogP contribution in [0.5, 0.6) is 11.5 Å². The Morgan fingerprint density at radius 1 is 1.11 bits per heavy atom. The highest BCUT2D eigenvalue weighted by molar-refractivity contribution is 6.07. The molecule has 2 aromatic carbocycles. The molecule has 1 atom stereocenters. The first-order valence-electron chi connectivity index (χ1n) is 9.12. The van der Waals surface area contributed by atoms with E-state index in [1.54, 1.807) is 41.3 Å². The summed E-state index contributed by atoms with van der Waals surface area (Å²) < 4.78 is 4.83. The average molecular weight is 384 g/mol. The van der Waals surface area contributed by atoms with Crippen LogP contribution in [0.3, 0.4) is 0 Å². The normalized spacial score (nSPS) is 17.0. The molecular formula is C21H24N2O5. The number of nitrogens with zero attached hydrogens (tertiary/aromatic N) is 1. The number of esters is 1. The number of hydrogen-bond acceptors (Lipinski definition) is 6. The first-order valence-corrected chi connectivity index (χ1v) is 9.12. The predicted molar refractivity (Wildman–Crippen MR) is 103 cm³/mol. The zero-order valence-electron chi connectivity index (χ0n) is 15.7. The van der Waals surface area contributed by atoms with Crippen molar-refractivity contribution in [1.29, 1.82) is 0 Å². The molecule has 1 fully saturated rings. The summed E-state index contributed by atoms with van der Waals surface area (Å²) in [6.07, 6.45) is 1.21. The first-order chi connectivity index (χ1) is 13.4. The zero-order valence-corrected chi connectivity index (χ0v) is 15.7. The summed E-state index contributed by atoms with van der Waals surface area (Å²) in [6.45, 7) is 0.791. The molecule has 0 aliphatic carbocycles. The molecule has 28 heavy (non-hydrogen) atoms. The van der Waals surface area contributed by atoms with Crippen molar-refractivity contribution in [2.45, 2.75) is 24.3 Å². The fourth-order valence-electron chi connectivity index (χ4n) is 3.71. The van der Waals surface area contributed by atoms with Crippen LogP contribution in [-0.4, -0.2) is 47.2 Å². The Kier molecular flexibility index (Phi) is 5.56. The van der Waals surface area contributed by atoms with E-state index in [1.165, 1.54) is 19.2 Å². The number of methoxy groups -OCH3 is 1. The van der Waals surface area contributed by atoms with Crippen LogP contribution >= 0.6 is 0 Å². The number of ether oxygens (including phenoxy) is 1. The molecule has 3 rings (SSSR count). The van der Waals surface area contributed by atoms with E-state index in [9.17, 15) is 19.8 Å². The lowest BCUT2D eigenvalue weighted by Gasteiger charge is -2.37. The molecule has 0 unspecified atom stereocenters. The highest BCUT2D eigenvalue weighted by atomic mass is 16.5. The largest absolute Gasteiger partial charge is 0.508 e. The third-order valence-electron chi connectivity index (χ3n) is 5.31. The van der Waals surface area contributed by atoms with Gasteiger partial charge in [-0.3, -0.25) is 4.79 Å². The van der Waals surface area contributed by atoms with E-state index in [2.05, 4.69) is 0 Å². The van der Waals surface area contributed by atoms with Crippen LogP contribution < -0.4 is 5.73 Å². The van der Waals surface area contributed by atoms with Crippen molar-refractivity contribution >= 4 is 11.9 Å². The Morgan fingerprint density at radius 2 is 1.75 bits per heavy atom. The fraction of sp³-hybridized carbons (Fsp3) is 0.333. The smallest absolute Gasteiger partial charge is 0.340 e. The molecule has 0 spiro atoms. The Balaban J connectivity index is 1.78. The number of hydrogen-bond donors (Lipinski definition) is 3. The quantitative estimate of drug-likeness (QED) is 0.548. The Morgan fingerprint density at radius 3 is 2.32 bits per heavy atom. The Hall–Kier alpha value is -3.06. The summed E-state index contributed by atoms with van der Waals surface area (Å²) in [5.41, 5.74) is 5.52. The molecule has 1 heterocycles. The topological polar surface area (TPSA) is 113 Å². The summed E-state index contributed by atoms with van der Waals surface area (Å²) in [5, 5.41) is 19.5. The number of carbonyl (C=O) groups excluding carboxylic acids is 2. The van der Waals surface area contributed by atoms with Gasteiger partial charge in [-0.15, -0.1) is 0 Å². The number of aromatic hydroxyl groups is 2. The number of phenolic OH excluding ortho intramolecular Hbond substituents is 2. The van der Waals surface area contributed by atoms with Gasteiger partial charge in [0.25, 0.3) is 5.91 Å². The van der Waals surface area contributed by atoms with Gasteiger partial charge in [0.1, 0.15) is 11.5 Å². The first kappa shape index (κ1) is 19.7. The van der Waals surface area contributed by atoms with Gasteiger partial charge in [0.2, 0.25) is 5.54 Å². The molecule has 7 nitrogen and oxygen atoms in total. The van der Waals surface area contributed by atoms with Crippen molar-refractivity contribution in [1.82, 2.24) is 4.90 Å². The van der Waals surface area contributed by atoms with E-state index in [0.717, 1.165) is 5.56 Å². The van der Waals surface area contributed by atoms with Crippen LogP contribution in [0.2, 0.25) is 0 Å². The second-order valence-electron chi connectivity index (χ2n) is 6.98. The van der Waals surface area contributed by atoms with Gasteiger partial charge >= 0.3 is 5.97 Å². The van der Waals surface area contributed by atoms with Crippen molar-refractivity contribution in [2.24, 2.45) is 5.73 Å². The van der Waals surface area contributed by atoms with E-state index >= 15 is 0 Å². The Bertz CT molecular complexity index is 862. The van der Waals surface area contributed by atoms with Gasteiger partial charge in [0.05, 0.1) is 7.11 Å². The van der Waals surface area contributed by atoms with E-state index < -0.39 is 17.4 Å². The van der Waals surface area contributed by atoms with E-state index in [4.69, 9.17) is 10.5 Å². The second kappa shape index (κ2) is 7.90. The number of amides is 1. The van der Waals surface area contributed by atoms with E-state index in [-0.39, 0.29) is 17.4 Å². The van der Waals surface area contributed by atoms with Gasteiger partial charge < -0.3 is 25.6 Å². The summed E-state index contributed by atoms with van der Waals surface area (Å²) in [5.74, 6) is -1.22. The minimum absolute atomic E-state index is 0.00252. The van der Waals surface area contributed by atoms with Crippen LogP contribution in [0.4, 0.5) is 0 Å². The monoisotopic (exact) mass is 384 g/mol. The summed E-state index contributed by atoms with van der Waals surface area (Å²) in [7, 11) is 1.21. The molecule has 1 aliphatic heterocycles. The number of rotatable bonds is 4. The molecule has 0 bridgehead atoms. The molecule has 148 valence electrons.